The number of hydrazine groups is 1. The first-order chi connectivity index (χ1) is 35.7. The highest BCUT2D eigenvalue weighted by molar-refractivity contribution is 7.89. The third-order valence-corrected chi connectivity index (χ3v) is 18.2. The third kappa shape index (κ3) is 15.2. The average molecular weight is 1120 g/mol. The lowest BCUT2D eigenvalue weighted by molar-refractivity contribution is -0.318. The van der Waals surface area contributed by atoms with Gasteiger partial charge in [-0.1, -0.05) is 20.8 Å². The zero-order chi connectivity index (χ0) is 57.9. The van der Waals surface area contributed by atoms with Crippen molar-refractivity contribution in [2.45, 2.75) is 203 Å². The number of aliphatic hydroxyl groups excluding tert-OH is 3. The number of benzene rings is 1. The molecule has 23 nitrogen and oxygen atoms in total. The molecule has 19 atom stereocenters. The van der Waals surface area contributed by atoms with Crippen LogP contribution in [-0.4, -0.2) is 223 Å². The molecule has 0 bridgehead atoms. The van der Waals surface area contributed by atoms with Crippen LogP contribution in [0.2, 0.25) is 0 Å². The highest BCUT2D eigenvalue weighted by Gasteiger charge is 2.53. The van der Waals surface area contributed by atoms with Crippen LogP contribution < -0.4 is 16.5 Å². The van der Waals surface area contributed by atoms with Gasteiger partial charge in [0.25, 0.3) is 0 Å². The number of cyclic esters (lactones) is 2. The Bertz CT molecular complexity index is 2250. The molecule has 0 radical (unpaired) electrons. The molecule has 77 heavy (non-hydrogen) atoms. The van der Waals surface area contributed by atoms with Gasteiger partial charge < -0.3 is 79.2 Å². The number of methoxy groups -OCH3 is 1. The number of nitrogens with zero attached hydrogens (tertiary/aromatic N) is 5. The summed E-state index contributed by atoms with van der Waals surface area (Å²) in [6, 6.07) is 4.82. The Morgan fingerprint density at radius 2 is 1.56 bits per heavy atom. The predicted molar refractivity (Wildman–Crippen MR) is 286 cm³/mol. The van der Waals surface area contributed by atoms with Gasteiger partial charge >= 0.3 is 12.1 Å². The van der Waals surface area contributed by atoms with Crippen LogP contribution in [-0.2, 0) is 48.0 Å². The van der Waals surface area contributed by atoms with Crippen molar-refractivity contribution in [3.63, 3.8) is 0 Å². The molecular weight excluding hydrogens is 1020 g/mol. The highest BCUT2D eigenvalue weighted by Crippen LogP contribution is 2.40. The molecule has 4 fully saturated rings. The Morgan fingerprint density at radius 1 is 0.922 bits per heavy atom. The molecule has 0 unspecified atom stereocenters. The quantitative estimate of drug-likeness (QED) is 0.0707. The smallest absolute Gasteiger partial charge is 0.414 e. The zero-order valence-corrected chi connectivity index (χ0v) is 48.8. The van der Waals surface area contributed by atoms with Gasteiger partial charge in [-0.25, -0.2) is 23.4 Å². The van der Waals surface area contributed by atoms with E-state index in [1.807, 2.05) is 37.7 Å². The molecule has 0 aromatic heterocycles. The molecule has 0 aliphatic carbocycles. The summed E-state index contributed by atoms with van der Waals surface area (Å²) in [5.41, 5.74) is 2.74. The van der Waals surface area contributed by atoms with Gasteiger partial charge in [-0.2, -0.15) is 0 Å². The van der Waals surface area contributed by atoms with E-state index in [0.29, 0.717) is 37.3 Å². The summed E-state index contributed by atoms with van der Waals surface area (Å²) in [6.07, 6.45) is -9.06. The Kier molecular flexibility index (Phi) is 21.8. The number of hydrogen-bond donors (Lipinski definition) is 7. The number of carbonyl (C=O) groups is 2. The molecule has 442 valence electrons. The van der Waals surface area contributed by atoms with E-state index in [1.54, 1.807) is 66.8 Å². The van der Waals surface area contributed by atoms with Crippen molar-refractivity contribution >= 4 is 27.8 Å². The van der Waals surface area contributed by atoms with E-state index in [2.05, 4.69) is 0 Å². The number of carbonyl (C=O) groups excluding carboxylic acids is 2. The van der Waals surface area contributed by atoms with E-state index < -0.39 is 130 Å². The maximum atomic E-state index is 14.5. The Hall–Kier alpha value is -3.31. The number of hydrogen-bond acceptors (Lipinski definition) is 21. The number of aliphatic hydroxyl groups is 5. The number of ether oxygens (including phenoxy) is 7. The van der Waals surface area contributed by atoms with Gasteiger partial charge in [-0.15, -0.1) is 0 Å². The van der Waals surface area contributed by atoms with Crippen LogP contribution in [0.25, 0.3) is 0 Å². The summed E-state index contributed by atoms with van der Waals surface area (Å²) in [4.78, 5) is 32.7. The number of nitrogens with two attached hydrogens (primary N) is 2. The average Bonchev–Trinajstić information content (AvgIpc) is 3.72. The molecule has 1 amide bonds. The second-order valence-corrected chi connectivity index (χ2v) is 25.4. The Labute approximate surface area is 456 Å². The number of likely N-dealkylation sites (N-methyl/N-ethyl adjacent to an activating group) is 2. The third-order valence-electron chi connectivity index (χ3n) is 16.4. The minimum atomic E-state index is -3.65. The van der Waals surface area contributed by atoms with Crippen molar-refractivity contribution in [2.24, 2.45) is 29.3 Å². The van der Waals surface area contributed by atoms with Gasteiger partial charge in [-0.05, 0) is 112 Å². The van der Waals surface area contributed by atoms with Gasteiger partial charge in [-0.3, -0.25) is 9.69 Å². The van der Waals surface area contributed by atoms with Crippen molar-refractivity contribution in [3.05, 3.63) is 36.2 Å². The second-order valence-electron chi connectivity index (χ2n) is 23.2. The van der Waals surface area contributed by atoms with E-state index in [-0.39, 0.29) is 43.2 Å². The molecule has 0 spiro atoms. The number of esters is 1. The number of amides is 1. The number of sulfonamides is 1. The molecule has 5 rings (SSSR count). The van der Waals surface area contributed by atoms with Crippen LogP contribution in [0.1, 0.15) is 101 Å². The Morgan fingerprint density at radius 3 is 2.16 bits per heavy atom. The lowest BCUT2D eigenvalue weighted by Crippen LogP contribution is -2.61. The zero-order valence-electron chi connectivity index (χ0n) is 48.0. The first-order valence-electron chi connectivity index (χ1n) is 26.9. The standard InChI is InChI=1S/C53H93N7O16S/c1-16-41-53(10,67)45(62)34(6)58(14)26-30(2)24-51(8,66)47(32(4)44(33(5)48(64)74-41)75-42-25-52(9,70-15)46(63)35(7)72-42)76-49-43(61)40(23-31(3)71-49)57(13)22-21-36(54)27-59(55)28-38-29-60(50(65)73-38)37-17-19-39(20-18-37)77(68,69)56(11)12/h17-20,27,30-35,38,40-47,49,61-63,66-67H,16,21-26,28-29,54-55H2,1-15H3/b36-27-/t30-,31-,32+,33-,34-,35+,38+,40+,41-,42+,43-,44+,45-,46+,47-,49+,51-,52-,53-/m1/s1. The summed E-state index contributed by atoms with van der Waals surface area (Å²) >= 11 is 0. The van der Waals surface area contributed by atoms with Crippen molar-refractivity contribution in [2.75, 3.05) is 66.4 Å². The molecule has 24 heteroatoms. The van der Waals surface area contributed by atoms with E-state index in [4.69, 9.17) is 44.7 Å². The van der Waals surface area contributed by atoms with Crippen LogP contribution >= 0.6 is 0 Å². The fraction of sp³-hybridized carbons (Fsp3) is 0.811. The van der Waals surface area contributed by atoms with Gasteiger partial charge in [0.15, 0.2) is 12.6 Å². The van der Waals surface area contributed by atoms with Crippen molar-refractivity contribution in [1.29, 1.82) is 0 Å². The summed E-state index contributed by atoms with van der Waals surface area (Å²) in [6.45, 7) is 18.3. The molecule has 4 aliphatic heterocycles. The van der Waals surface area contributed by atoms with Gasteiger partial charge in [0.2, 0.25) is 10.0 Å². The maximum absolute atomic E-state index is 14.5. The molecule has 4 aliphatic rings. The summed E-state index contributed by atoms with van der Waals surface area (Å²) < 4.78 is 70.0. The topological polar surface area (TPSA) is 302 Å². The van der Waals surface area contributed by atoms with E-state index in [1.165, 1.54) is 50.2 Å². The van der Waals surface area contributed by atoms with Crippen LogP contribution in [0, 0.1) is 17.8 Å². The molecule has 1 aromatic carbocycles. The van der Waals surface area contributed by atoms with E-state index in [9.17, 15) is 43.5 Å². The molecule has 1 aromatic rings. The lowest BCUT2D eigenvalue weighted by Gasteiger charge is -2.49. The largest absolute Gasteiger partial charge is 0.459 e. The SMILES string of the molecule is CC[C@H]1OC(=O)[C@H](C)[C@@H](O[C@H]2C[C@@](C)(OC)[C@@H](O)[C@H](C)O2)[C@H](C)[C@@H](O[C@@H]2O[C@H](C)C[C@H](N(C)CC/C(N)=C/N(N)C[C@H]3CN(c4ccc(S(=O)(=O)N(C)C)cc4)C(=O)O3)[C@H]2O)[C@](C)(O)C[C@@H](C)CN(C)[C@H](C)[C@@H](O)[C@]1(C)O. The predicted octanol–water partition coefficient (Wildman–Crippen LogP) is 1.91. The van der Waals surface area contributed by atoms with E-state index in [0.717, 1.165) is 4.31 Å². The normalized spacial score (nSPS) is 39.8. The van der Waals surface area contributed by atoms with Crippen molar-refractivity contribution in [3.8, 4) is 0 Å². The Balaban J connectivity index is 1.36. The maximum Gasteiger partial charge on any atom is 0.414 e. The van der Waals surface area contributed by atoms with Gasteiger partial charge in [0.05, 0.1) is 59.5 Å². The number of anilines is 1. The van der Waals surface area contributed by atoms with Crippen LogP contribution in [0.3, 0.4) is 0 Å². The fourth-order valence-corrected chi connectivity index (χ4v) is 12.4. The van der Waals surface area contributed by atoms with Gasteiger partial charge in [0, 0.05) is 82.7 Å². The molecule has 0 saturated carbocycles. The molecule has 9 N–H and O–H groups in total. The first-order valence-corrected chi connectivity index (χ1v) is 28.4. The monoisotopic (exact) mass is 1120 g/mol. The summed E-state index contributed by atoms with van der Waals surface area (Å²) in [5.74, 6) is 3.41. The molecule has 4 heterocycles. The molecule has 4 saturated heterocycles. The van der Waals surface area contributed by atoms with Crippen LogP contribution in [0.5, 0.6) is 0 Å². The highest BCUT2D eigenvalue weighted by atomic mass is 32.2. The number of rotatable bonds is 16. The summed E-state index contributed by atoms with van der Waals surface area (Å²) in [7, 11) is 4.37. The fourth-order valence-electron chi connectivity index (χ4n) is 11.5. The minimum Gasteiger partial charge on any atom is -0.459 e. The minimum absolute atomic E-state index is 0.0705. The summed E-state index contributed by atoms with van der Waals surface area (Å²) in [5, 5.41) is 61.1. The van der Waals surface area contributed by atoms with E-state index >= 15 is 0 Å². The van der Waals surface area contributed by atoms with Crippen LogP contribution in [0.15, 0.2) is 41.1 Å². The first kappa shape index (κ1) is 64.5. The van der Waals surface area contributed by atoms with Crippen LogP contribution in [0.4, 0.5) is 10.5 Å². The van der Waals surface area contributed by atoms with Crippen molar-refractivity contribution < 1.29 is 76.7 Å². The second kappa shape index (κ2) is 26.1. The van der Waals surface area contributed by atoms with Crippen molar-refractivity contribution in [1.82, 2.24) is 19.1 Å². The van der Waals surface area contributed by atoms with Gasteiger partial charge in [0.1, 0.15) is 36.1 Å². The lowest BCUT2D eigenvalue weighted by atomic mass is 9.77. The molecular formula is C53H93N7O16S.